The van der Waals surface area contributed by atoms with Gasteiger partial charge in [-0.15, -0.1) is 0 Å². The summed E-state index contributed by atoms with van der Waals surface area (Å²) < 4.78 is 5.91. The van der Waals surface area contributed by atoms with Crippen LogP contribution in [0.25, 0.3) is 0 Å². The summed E-state index contributed by atoms with van der Waals surface area (Å²) in [7, 11) is 0. The third-order valence-electron chi connectivity index (χ3n) is 3.00. The highest BCUT2D eigenvalue weighted by Gasteiger charge is 2.07. The van der Waals surface area contributed by atoms with E-state index < -0.39 is 0 Å². The summed E-state index contributed by atoms with van der Waals surface area (Å²) in [6.07, 6.45) is 0. The van der Waals surface area contributed by atoms with E-state index in [-0.39, 0.29) is 0 Å². The Morgan fingerprint density at radius 3 is 2.11 bits per heavy atom. The van der Waals surface area contributed by atoms with Crippen molar-refractivity contribution in [1.29, 1.82) is 0 Å². The largest absolute Gasteiger partial charge is 0.488 e. The fourth-order valence-electron chi connectivity index (χ4n) is 2.18. The minimum Gasteiger partial charge on any atom is -0.488 e. The van der Waals surface area contributed by atoms with Crippen molar-refractivity contribution in [3.63, 3.8) is 0 Å². The van der Waals surface area contributed by atoms with Crippen molar-refractivity contribution in [3.05, 3.63) is 64.7 Å². The summed E-state index contributed by atoms with van der Waals surface area (Å²) in [6.45, 7) is 5.07. The van der Waals surface area contributed by atoms with E-state index in [9.17, 15) is 0 Å². The van der Waals surface area contributed by atoms with Gasteiger partial charge in [0.15, 0.2) is 0 Å². The molecule has 0 atom stereocenters. The van der Waals surface area contributed by atoms with Gasteiger partial charge in [-0.05, 0) is 48.2 Å². The maximum atomic E-state index is 5.91. The number of benzene rings is 2. The van der Waals surface area contributed by atoms with Gasteiger partial charge in [0.2, 0.25) is 0 Å². The van der Waals surface area contributed by atoms with E-state index in [0.29, 0.717) is 13.2 Å². The maximum absolute atomic E-state index is 5.91. The lowest BCUT2D eigenvalue weighted by atomic mass is 10.1. The Kier molecular flexibility index (Phi) is 4.55. The molecule has 0 radical (unpaired) electrons. The topological polar surface area (TPSA) is 44.5 Å². The van der Waals surface area contributed by atoms with E-state index in [0.717, 1.165) is 28.0 Å². The van der Waals surface area contributed by atoms with Gasteiger partial charge in [-0.25, -0.2) is 5.90 Å². The highest BCUT2D eigenvalue weighted by Crippen LogP contribution is 2.26. The first kappa shape index (κ1) is 13.6. The molecule has 0 saturated carbocycles. The summed E-state index contributed by atoms with van der Waals surface area (Å²) >= 11 is 0. The summed E-state index contributed by atoms with van der Waals surface area (Å²) in [5.41, 5.74) is 4.42. The number of aryl methyl sites for hydroxylation is 2. The Morgan fingerprint density at radius 2 is 1.53 bits per heavy atom. The summed E-state index contributed by atoms with van der Waals surface area (Å²) in [5, 5.41) is 0. The molecule has 0 aromatic heterocycles. The van der Waals surface area contributed by atoms with Crippen molar-refractivity contribution < 1.29 is 9.57 Å². The van der Waals surface area contributed by atoms with Crippen LogP contribution in [0.15, 0.2) is 42.5 Å². The van der Waals surface area contributed by atoms with E-state index in [2.05, 4.69) is 17.0 Å². The minimum atomic E-state index is 0.417. The summed E-state index contributed by atoms with van der Waals surface area (Å²) in [6, 6.07) is 14.2. The average Bonchev–Trinajstić information content (AvgIpc) is 2.39. The lowest BCUT2D eigenvalue weighted by Gasteiger charge is -2.14. The maximum Gasteiger partial charge on any atom is 0.125 e. The monoisotopic (exact) mass is 257 g/mol. The second kappa shape index (κ2) is 6.36. The van der Waals surface area contributed by atoms with Gasteiger partial charge < -0.3 is 4.74 Å². The molecule has 100 valence electrons. The Morgan fingerprint density at radius 1 is 0.895 bits per heavy atom. The van der Waals surface area contributed by atoms with Crippen LogP contribution in [0.1, 0.15) is 22.3 Å². The Hall–Kier alpha value is -1.84. The molecule has 2 N–H and O–H groups in total. The van der Waals surface area contributed by atoms with Gasteiger partial charge in [0, 0.05) is 0 Å². The molecule has 0 heterocycles. The molecular formula is C16H19NO2. The van der Waals surface area contributed by atoms with Gasteiger partial charge >= 0.3 is 0 Å². The first-order valence-corrected chi connectivity index (χ1v) is 6.29. The van der Waals surface area contributed by atoms with Crippen molar-refractivity contribution in [2.45, 2.75) is 27.1 Å². The molecular weight excluding hydrogens is 238 g/mol. The second-order valence-electron chi connectivity index (χ2n) is 4.64. The third kappa shape index (κ3) is 3.56. The molecule has 0 bridgehead atoms. The molecule has 2 rings (SSSR count). The SMILES string of the molecule is Cc1cc(CON)cc(C)c1OCc1ccccc1. The average molecular weight is 257 g/mol. The van der Waals surface area contributed by atoms with Gasteiger partial charge in [0.1, 0.15) is 12.4 Å². The first-order chi connectivity index (χ1) is 9.20. The van der Waals surface area contributed by atoms with Crippen LogP contribution in [0.4, 0.5) is 0 Å². The van der Waals surface area contributed by atoms with Crippen LogP contribution in [0, 0.1) is 13.8 Å². The third-order valence-corrected chi connectivity index (χ3v) is 3.00. The quantitative estimate of drug-likeness (QED) is 0.836. The predicted octanol–water partition coefficient (Wildman–Crippen LogP) is 3.27. The van der Waals surface area contributed by atoms with Gasteiger partial charge in [0.25, 0.3) is 0 Å². The van der Waals surface area contributed by atoms with Gasteiger partial charge in [0.05, 0.1) is 6.61 Å². The van der Waals surface area contributed by atoms with Crippen LogP contribution < -0.4 is 10.6 Å². The van der Waals surface area contributed by atoms with E-state index in [4.69, 9.17) is 10.6 Å². The predicted molar refractivity (Wildman–Crippen MR) is 75.7 cm³/mol. The van der Waals surface area contributed by atoms with E-state index in [1.54, 1.807) is 0 Å². The number of ether oxygens (including phenoxy) is 1. The zero-order valence-electron chi connectivity index (χ0n) is 11.3. The number of nitrogens with two attached hydrogens (primary N) is 1. The molecule has 2 aromatic rings. The number of rotatable bonds is 5. The molecule has 0 saturated heterocycles. The highest BCUT2D eigenvalue weighted by molar-refractivity contribution is 5.43. The van der Waals surface area contributed by atoms with Crippen LogP contribution in [0.3, 0.4) is 0 Å². The highest BCUT2D eigenvalue weighted by atomic mass is 16.6. The Labute approximate surface area is 113 Å². The van der Waals surface area contributed by atoms with Crippen LogP contribution in [-0.2, 0) is 18.1 Å². The fraction of sp³-hybridized carbons (Fsp3) is 0.250. The van der Waals surface area contributed by atoms with E-state index >= 15 is 0 Å². The van der Waals surface area contributed by atoms with Crippen LogP contribution in [0.2, 0.25) is 0 Å². The summed E-state index contributed by atoms with van der Waals surface area (Å²) in [5.74, 6) is 6.04. The van der Waals surface area contributed by atoms with E-state index in [1.807, 2.05) is 44.2 Å². The molecule has 0 amide bonds. The van der Waals surface area contributed by atoms with Gasteiger partial charge in [-0.1, -0.05) is 30.3 Å². The molecule has 3 heteroatoms. The molecule has 2 aromatic carbocycles. The zero-order chi connectivity index (χ0) is 13.7. The summed E-state index contributed by atoms with van der Waals surface area (Å²) in [4.78, 5) is 4.67. The number of hydrogen-bond acceptors (Lipinski definition) is 3. The van der Waals surface area contributed by atoms with Crippen molar-refractivity contribution >= 4 is 0 Å². The second-order valence-corrected chi connectivity index (χ2v) is 4.64. The lowest BCUT2D eigenvalue weighted by molar-refractivity contribution is 0.124. The minimum absolute atomic E-state index is 0.417. The van der Waals surface area contributed by atoms with Crippen molar-refractivity contribution in [2.24, 2.45) is 5.90 Å². The molecule has 19 heavy (non-hydrogen) atoms. The first-order valence-electron chi connectivity index (χ1n) is 6.29. The molecule has 3 nitrogen and oxygen atoms in total. The lowest BCUT2D eigenvalue weighted by Crippen LogP contribution is -2.02. The zero-order valence-corrected chi connectivity index (χ0v) is 11.3. The Bertz CT molecular complexity index is 515. The van der Waals surface area contributed by atoms with Crippen molar-refractivity contribution in [1.82, 2.24) is 0 Å². The fourth-order valence-corrected chi connectivity index (χ4v) is 2.18. The smallest absolute Gasteiger partial charge is 0.125 e. The van der Waals surface area contributed by atoms with Crippen molar-refractivity contribution in [3.8, 4) is 5.75 Å². The number of hydrogen-bond donors (Lipinski definition) is 1. The Balaban J connectivity index is 2.12. The van der Waals surface area contributed by atoms with Crippen LogP contribution in [0.5, 0.6) is 5.75 Å². The van der Waals surface area contributed by atoms with Crippen LogP contribution in [-0.4, -0.2) is 0 Å². The van der Waals surface area contributed by atoms with Crippen molar-refractivity contribution in [2.75, 3.05) is 0 Å². The molecule has 0 unspecified atom stereocenters. The molecule has 0 fully saturated rings. The van der Waals surface area contributed by atoms with Gasteiger partial charge in [-0.2, -0.15) is 0 Å². The molecule has 0 aliphatic heterocycles. The van der Waals surface area contributed by atoms with Crippen LogP contribution >= 0.6 is 0 Å². The molecule has 0 spiro atoms. The normalized spacial score (nSPS) is 10.5. The van der Waals surface area contributed by atoms with Gasteiger partial charge in [-0.3, -0.25) is 4.84 Å². The standard InChI is InChI=1S/C16H19NO2/c1-12-8-15(11-19-17)9-13(2)16(12)18-10-14-6-4-3-5-7-14/h3-9H,10-11,17H2,1-2H3. The molecule has 0 aliphatic rings. The van der Waals surface area contributed by atoms with E-state index in [1.165, 1.54) is 0 Å². The molecule has 0 aliphatic carbocycles.